The second-order valence-corrected chi connectivity index (χ2v) is 4.52. The Morgan fingerprint density at radius 1 is 1.37 bits per heavy atom. The Labute approximate surface area is 110 Å². The minimum Gasteiger partial charge on any atom is -0.432 e. The normalized spacial score (nSPS) is 13.1. The SMILES string of the molecule is CC(O)CCN(C)Cc1ccc(OC(F)F)c(F)c1. The molecule has 0 saturated carbocycles. The molecule has 1 rings (SSSR count). The maximum atomic E-state index is 13.5. The molecule has 0 bridgehead atoms. The third-order valence-corrected chi connectivity index (χ3v) is 2.59. The van der Waals surface area contributed by atoms with Crippen LogP contribution in [0.25, 0.3) is 0 Å². The van der Waals surface area contributed by atoms with E-state index in [0.29, 0.717) is 25.1 Å². The second-order valence-electron chi connectivity index (χ2n) is 4.52. The average molecular weight is 277 g/mol. The molecule has 1 aromatic carbocycles. The summed E-state index contributed by atoms with van der Waals surface area (Å²) in [5.74, 6) is -1.26. The van der Waals surface area contributed by atoms with Crippen molar-refractivity contribution in [1.82, 2.24) is 4.90 Å². The van der Waals surface area contributed by atoms with E-state index in [4.69, 9.17) is 5.11 Å². The van der Waals surface area contributed by atoms with Gasteiger partial charge in [-0.05, 0) is 38.1 Å². The molecule has 0 radical (unpaired) electrons. The Bertz CT molecular complexity index is 399. The molecule has 0 aliphatic carbocycles. The van der Waals surface area contributed by atoms with Crippen LogP contribution in [0.3, 0.4) is 0 Å². The van der Waals surface area contributed by atoms with Crippen LogP contribution in [0.5, 0.6) is 5.75 Å². The number of aliphatic hydroxyl groups excluding tert-OH is 1. The zero-order chi connectivity index (χ0) is 14.4. The van der Waals surface area contributed by atoms with Gasteiger partial charge in [-0.15, -0.1) is 0 Å². The van der Waals surface area contributed by atoms with Crippen molar-refractivity contribution in [1.29, 1.82) is 0 Å². The van der Waals surface area contributed by atoms with E-state index in [1.165, 1.54) is 12.1 Å². The maximum Gasteiger partial charge on any atom is 0.387 e. The minimum atomic E-state index is -3.03. The third-order valence-electron chi connectivity index (χ3n) is 2.59. The summed E-state index contributed by atoms with van der Waals surface area (Å²) < 4.78 is 41.4. The largest absolute Gasteiger partial charge is 0.432 e. The van der Waals surface area contributed by atoms with E-state index in [2.05, 4.69) is 4.74 Å². The first-order valence-corrected chi connectivity index (χ1v) is 5.98. The highest BCUT2D eigenvalue weighted by Gasteiger charge is 2.11. The van der Waals surface area contributed by atoms with Crippen LogP contribution < -0.4 is 4.74 Å². The first kappa shape index (κ1) is 15.8. The fourth-order valence-corrected chi connectivity index (χ4v) is 1.63. The molecule has 1 unspecified atom stereocenters. The van der Waals surface area contributed by atoms with Crippen molar-refractivity contribution in [2.75, 3.05) is 13.6 Å². The predicted octanol–water partition coefficient (Wildman–Crippen LogP) is 2.63. The second kappa shape index (κ2) is 7.35. The van der Waals surface area contributed by atoms with Gasteiger partial charge in [0.15, 0.2) is 11.6 Å². The van der Waals surface area contributed by atoms with Crippen molar-refractivity contribution in [2.24, 2.45) is 0 Å². The lowest BCUT2D eigenvalue weighted by molar-refractivity contribution is -0.0522. The standard InChI is InChI=1S/C13H18F3NO2/c1-9(18)5-6-17(2)8-10-3-4-12(11(14)7-10)19-13(15)16/h3-4,7,9,13,18H,5-6,8H2,1-2H3. The van der Waals surface area contributed by atoms with E-state index in [-0.39, 0.29) is 6.10 Å². The Morgan fingerprint density at radius 2 is 2.05 bits per heavy atom. The lowest BCUT2D eigenvalue weighted by Crippen LogP contribution is -2.22. The van der Waals surface area contributed by atoms with Crippen LogP contribution in [-0.4, -0.2) is 36.3 Å². The summed E-state index contributed by atoms with van der Waals surface area (Å²) in [6, 6.07) is 3.91. The zero-order valence-electron chi connectivity index (χ0n) is 10.9. The van der Waals surface area contributed by atoms with E-state index in [1.54, 1.807) is 13.0 Å². The first-order chi connectivity index (χ1) is 8.88. The van der Waals surface area contributed by atoms with E-state index in [1.807, 2.05) is 11.9 Å². The molecule has 3 nitrogen and oxygen atoms in total. The quantitative estimate of drug-likeness (QED) is 0.831. The molecule has 19 heavy (non-hydrogen) atoms. The lowest BCUT2D eigenvalue weighted by atomic mass is 10.2. The van der Waals surface area contributed by atoms with E-state index >= 15 is 0 Å². The minimum absolute atomic E-state index is 0.388. The maximum absolute atomic E-state index is 13.5. The highest BCUT2D eigenvalue weighted by Crippen LogP contribution is 2.21. The molecule has 0 heterocycles. The van der Waals surface area contributed by atoms with Gasteiger partial charge in [0.2, 0.25) is 0 Å². The molecule has 1 atom stereocenters. The Morgan fingerprint density at radius 3 is 2.58 bits per heavy atom. The molecular formula is C13H18F3NO2. The van der Waals surface area contributed by atoms with Crippen LogP contribution >= 0.6 is 0 Å². The number of nitrogens with zero attached hydrogens (tertiary/aromatic N) is 1. The van der Waals surface area contributed by atoms with Gasteiger partial charge in [0.05, 0.1) is 6.10 Å². The summed E-state index contributed by atoms with van der Waals surface area (Å²) in [4.78, 5) is 1.91. The molecule has 6 heteroatoms. The number of halogens is 3. The predicted molar refractivity (Wildman–Crippen MR) is 65.7 cm³/mol. The number of hydrogen-bond donors (Lipinski definition) is 1. The number of aliphatic hydroxyl groups is 1. The van der Waals surface area contributed by atoms with Crippen molar-refractivity contribution < 1.29 is 23.0 Å². The number of benzene rings is 1. The van der Waals surface area contributed by atoms with Gasteiger partial charge in [0.25, 0.3) is 0 Å². The van der Waals surface area contributed by atoms with Crippen molar-refractivity contribution in [3.8, 4) is 5.75 Å². The summed E-state index contributed by atoms with van der Waals surface area (Å²) in [7, 11) is 1.84. The molecule has 1 aromatic rings. The summed E-state index contributed by atoms with van der Waals surface area (Å²) in [5.41, 5.74) is 0.659. The first-order valence-electron chi connectivity index (χ1n) is 5.98. The molecular weight excluding hydrogens is 259 g/mol. The monoisotopic (exact) mass is 277 g/mol. The van der Waals surface area contributed by atoms with Gasteiger partial charge in [-0.1, -0.05) is 6.07 Å². The molecule has 0 aromatic heterocycles. The average Bonchev–Trinajstić information content (AvgIpc) is 2.29. The van der Waals surface area contributed by atoms with Crippen LogP contribution in [0.1, 0.15) is 18.9 Å². The smallest absolute Gasteiger partial charge is 0.387 e. The molecule has 1 N–H and O–H groups in total. The Balaban J connectivity index is 2.58. The fraction of sp³-hybridized carbons (Fsp3) is 0.538. The number of alkyl halides is 2. The van der Waals surface area contributed by atoms with Crippen molar-refractivity contribution >= 4 is 0 Å². The van der Waals surface area contributed by atoms with Gasteiger partial charge in [0, 0.05) is 13.1 Å². The summed E-state index contributed by atoms with van der Waals surface area (Å²) in [6.45, 7) is -0.203. The molecule has 0 fully saturated rings. The Kier molecular flexibility index (Phi) is 6.11. The Hall–Kier alpha value is -1.27. The van der Waals surface area contributed by atoms with Gasteiger partial charge in [-0.25, -0.2) is 4.39 Å². The number of ether oxygens (including phenoxy) is 1. The highest BCUT2D eigenvalue weighted by molar-refractivity contribution is 5.29. The van der Waals surface area contributed by atoms with Gasteiger partial charge in [0.1, 0.15) is 0 Å². The van der Waals surface area contributed by atoms with E-state index < -0.39 is 18.2 Å². The number of rotatable bonds is 7. The van der Waals surface area contributed by atoms with Gasteiger partial charge >= 0.3 is 6.61 Å². The molecule has 0 saturated heterocycles. The topological polar surface area (TPSA) is 32.7 Å². The molecule has 0 spiro atoms. The van der Waals surface area contributed by atoms with Crippen LogP contribution in [-0.2, 0) is 6.54 Å². The molecule has 108 valence electrons. The van der Waals surface area contributed by atoms with Gasteiger partial charge in [-0.2, -0.15) is 8.78 Å². The van der Waals surface area contributed by atoms with E-state index in [0.717, 1.165) is 0 Å². The highest BCUT2D eigenvalue weighted by atomic mass is 19.3. The van der Waals surface area contributed by atoms with Crippen LogP contribution in [0.4, 0.5) is 13.2 Å². The van der Waals surface area contributed by atoms with E-state index in [9.17, 15) is 13.2 Å². The summed E-state index contributed by atoms with van der Waals surface area (Å²) in [5, 5.41) is 9.16. The van der Waals surface area contributed by atoms with Crippen LogP contribution in [0.15, 0.2) is 18.2 Å². The molecule has 0 aliphatic rings. The summed E-state index contributed by atoms with van der Waals surface area (Å²) >= 11 is 0. The van der Waals surface area contributed by atoms with Gasteiger partial charge < -0.3 is 14.7 Å². The fourth-order valence-electron chi connectivity index (χ4n) is 1.63. The van der Waals surface area contributed by atoms with Crippen molar-refractivity contribution in [3.63, 3.8) is 0 Å². The van der Waals surface area contributed by atoms with Crippen LogP contribution in [0, 0.1) is 5.82 Å². The van der Waals surface area contributed by atoms with Crippen molar-refractivity contribution in [2.45, 2.75) is 32.6 Å². The number of hydrogen-bond acceptors (Lipinski definition) is 3. The third kappa shape index (κ3) is 5.94. The van der Waals surface area contributed by atoms with Crippen LogP contribution in [0.2, 0.25) is 0 Å². The molecule has 0 amide bonds. The molecule has 0 aliphatic heterocycles. The lowest BCUT2D eigenvalue weighted by Gasteiger charge is -2.18. The summed E-state index contributed by atoms with van der Waals surface area (Å²) in [6.07, 6.45) is 0.229. The zero-order valence-corrected chi connectivity index (χ0v) is 10.9. The van der Waals surface area contributed by atoms with Gasteiger partial charge in [-0.3, -0.25) is 0 Å². The van der Waals surface area contributed by atoms with Crippen molar-refractivity contribution in [3.05, 3.63) is 29.6 Å².